The minimum absolute atomic E-state index is 0.873. The first kappa shape index (κ1) is 14.6. The molecule has 0 spiro atoms. The number of thiazole rings is 2. The van der Waals surface area contributed by atoms with Crippen molar-refractivity contribution in [2.24, 2.45) is 0 Å². The first-order valence-corrected chi connectivity index (χ1v) is 8.51. The number of hydrogen-bond acceptors (Lipinski definition) is 5. The lowest BCUT2D eigenvalue weighted by Crippen LogP contribution is -2.11. The third-order valence-electron chi connectivity index (χ3n) is 2.84. The first-order valence-electron chi connectivity index (χ1n) is 6.82. The minimum atomic E-state index is 0.873. The fraction of sp³-hybridized carbons (Fsp3) is 0.571. The molecule has 0 bridgehead atoms. The van der Waals surface area contributed by atoms with Gasteiger partial charge in [-0.25, -0.2) is 9.97 Å². The van der Waals surface area contributed by atoms with E-state index in [0.717, 1.165) is 43.1 Å². The molecule has 19 heavy (non-hydrogen) atoms. The van der Waals surface area contributed by atoms with Gasteiger partial charge in [0.2, 0.25) is 0 Å². The Morgan fingerprint density at radius 3 is 2.74 bits per heavy atom. The summed E-state index contributed by atoms with van der Waals surface area (Å²) in [6.07, 6.45) is 3.10. The van der Waals surface area contributed by atoms with Crippen molar-refractivity contribution in [1.82, 2.24) is 15.3 Å². The Labute approximate surface area is 123 Å². The Balaban J connectivity index is 2.11. The Morgan fingerprint density at radius 1 is 1.26 bits per heavy atom. The summed E-state index contributed by atoms with van der Waals surface area (Å²) in [5, 5.41) is 7.87. The first-order chi connectivity index (χ1) is 9.22. The summed E-state index contributed by atoms with van der Waals surface area (Å²) in [5.74, 6) is 0. The maximum atomic E-state index is 4.80. The van der Waals surface area contributed by atoms with Crippen molar-refractivity contribution in [2.45, 2.75) is 46.6 Å². The van der Waals surface area contributed by atoms with Gasteiger partial charge in [0.1, 0.15) is 0 Å². The van der Waals surface area contributed by atoms with Gasteiger partial charge in [-0.1, -0.05) is 20.3 Å². The van der Waals surface area contributed by atoms with Crippen molar-refractivity contribution in [3.63, 3.8) is 0 Å². The number of nitrogens with one attached hydrogen (secondary N) is 1. The van der Waals surface area contributed by atoms with Crippen LogP contribution in [0.25, 0.3) is 0 Å². The average molecular weight is 295 g/mol. The molecule has 0 saturated carbocycles. The van der Waals surface area contributed by atoms with E-state index in [2.05, 4.69) is 36.5 Å². The molecule has 0 amide bonds. The second kappa shape index (κ2) is 7.12. The SMILES string of the molecule is CCCc1nc(Cc2csc(C)n2)sc1CNCC. The fourth-order valence-corrected chi connectivity index (χ4v) is 3.68. The maximum Gasteiger partial charge on any atom is 0.0991 e. The van der Waals surface area contributed by atoms with Gasteiger partial charge in [0, 0.05) is 23.2 Å². The molecule has 2 aromatic rings. The van der Waals surface area contributed by atoms with E-state index in [1.165, 1.54) is 15.6 Å². The van der Waals surface area contributed by atoms with Crippen LogP contribution in [0.3, 0.4) is 0 Å². The lowest BCUT2D eigenvalue weighted by molar-refractivity contribution is 0.723. The van der Waals surface area contributed by atoms with E-state index in [9.17, 15) is 0 Å². The van der Waals surface area contributed by atoms with Gasteiger partial charge in [-0.2, -0.15) is 0 Å². The number of rotatable bonds is 7. The third kappa shape index (κ3) is 4.09. The summed E-state index contributed by atoms with van der Waals surface area (Å²) in [6, 6.07) is 0. The highest BCUT2D eigenvalue weighted by Gasteiger charge is 2.11. The Kier molecular flexibility index (Phi) is 5.48. The number of aromatic nitrogens is 2. The van der Waals surface area contributed by atoms with Crippen LogP contribution in [0.4, 0.5) is 0 Å². The number of aryl methyl sites for hydroxylation is 2. The molecule has 0 aliphatic rings. The van der Waals surface area contributed by atoms with Crippen molar-refractivity contribution in [2.75, 3.05) is 6.54 Å². The molecule has 0 unspecified atom stereocenters. The predicted molar refractivity (Wildman–Crippen MR) is 83.1 cm³/mol. The van der Waals surface area contributed by atoms with Crippen molar-refractivity contribution < 1.29 is 0 Å². The van der Waals surface area contributed by atoms with Gasteiger partial charge < -0.3 is 5.32 Å². The molecular formula is C14H21N3S2. The maximum absolute atomic E-state index is 4.80. The summed E-state index contributed by atoms with van der Waals surface area (Å²) >= 11 is 3.55. The highest BCUT2D eigenvalue weighted by Crippen LogP contribution is 2.23. The topological polar surface area (TPSA) is 37.8 Å². The summed E-state index contributed by atoms with van der Waals surface area (Å²) in [6.45, 7) is 8.35. The van der Waals surface area contributed by atoms with Gasteiger partial charge in [-0.15, -0.1) is 22.7 Å². The lowest BCUT2D eigenvalue weighted by atomic mass is 10.2. The minimum Gasteiger partial charge on any atom is -0.312 e. The van der Waals surface area contributed by atoms with E-state index < -0.39 is 0 Å². The van der Waals surface area contributed by atoms with Gasteiger partial charge >= 0.3 is 0 Å². The van der Waals surface area contributed by atoms with Crippen LogP contribution >= 0.6 is 22.7 Å². The normalized spacial score (nSPS) is 11.1. The van der Waals surface area contributed by atoms with Crippen LogP contribution in [0, 0.1) is 6.92 Å². The molecule has 1 N–H and O–H groups in total. The van der Waals surface area contributed by atoms with Crippen LogP contribution < -0.4 is 5.32 Å². The zero-order valence-corrected chi connectivity index (χ0v) is 13.5. The molecule has 104 valence electrons. The monoisotopic (exact) mass is 295 g/mol. The molecule has 2 aromatic heterocycles. The lowest BCUT2D eigenvalue weighted by Gasteiger charge is -2.00. The van der Waals surface area contributed by atoms with Crippen molar-refractivity contribution in [3.05, 3.63) is 31.7 Å². The molecule has 0 aromatic carbocycles. The van der Waals surface area contributed by atoms with E-state index >= 15 is 0 Å². The van der Waals surface area contributed by atoms with Crippen molar-refractivity contribution in [3.8, 4) is 0 Å². The summed E-state index contributed by atoms with van der Waals surface area (Å²) in [4.78, 5) is 10.7. The highest BCUT2D eigenvalue weighted by atomic mass is 32.1. The third-order valence-corrected chi connectivity index (χ3v) is 4.76. The van der Waals surface area contributed by atoms with E-state index in [1.807, 2.05) is 11.3 Å². The fourth-order valence-electron chi connectivity index (χ4n) is 1.97. The van der Waals surface area contributed by atoms with Crippen LogP contribution in [0.15, 0.2) is 5.38 Å². The van der Waals surface area contributed by atoms with Gasteiger partial charge in [-0.3, -0.25) is 0 Å². The number of hydrogen-bond donors (Lipinski definition) is 1. The van der Waals surface area contributed by atoms with E-state index in [4.69, 9.17) is 4.98 Å². The molecule has 0 fully saturated rings. The van der Waals surface area contributed by atoms with Gasteiger partial charge in [0.25, 0.3) is 0 Å². The molecule has 5 heteroatoms. The molecule has 2 rings (SSSR count). The van der Waals surface area contributed by atoms with Crippen molar-refractivity contribution in [1.29, 1.82) is 0 Å². The second-order valence-corrected chi connectivity index (χ2v) is 6.77. The molecule has 0 saturated heterocycles. The zero-order chi connectivity index (χ0) is 13.7. The average Bonchev–Trinajstić information content (AvgIpc) is 2.95. The molecule has 2 heterocycles. The summed E-state index contributed by atoms with van der Waals surface area (Å²) < 4.78 is 0. The number of nitrogens with zero attached hydrogens (tertiary/aromatic N) is 2. The molecule has 0 radical (unpaired) electrons. The largest absolute Gasteiger partial charge is 0.312 e. The standard InChI is InChI=1S/C14H21N3S2/c1-4-6-12-13(8-15-5-2)19-14(17-12)7-11-9-18-10(3)16-11/h9,15H,4-8H2,1-3H3. The molecular weight excluding hydrogens is 274 g/mol. The Bertz CT molecular complexity index is 516. The smallest absolute Gasteiger partial charge is 0.0991 e. The predicted octanol–water partition coefficient (Wildman–Crippen LogP) is 3.56. The van der Waals surface area contributed by atoms with Gasteiger partial charge in [0.05, 0.1) is 21.4 Å². The van der Waals surface area contributed by atoms with Crippen LogP contribution in [-0.2, 0) is 19.4 Å². The Morgan fingerprint density at radius 2 is 2.11 bits per heavy atom. The second-order valence-electron chi connectivity index (χ2n) is 4.54. The quantitative estimate of drug-likeness (QED) is 0.848. The van der Waals surface area contributed by atoms with Crippen LogP contribution in [0.1, 0.15) is 46.5 Å². The molecule has 0 atom stereocenters. The molecule has 3 nitrogen and oxygen atoms in total. The Hall–Kier alpha value is -0.780. The molecule has 0 aliphatic heterocycles. The van der Waals surface area contributed by atoms with E-state index in [0.29, 0.717) is 0 Å². The van der Waals surface area contributed by atoms with Gasteiger partial charge in [0.15, 0.2) is 0 Å². The van der Waals surface area contributed by atoms with Gasteiger partial charge in [-0.05, 0) is 19.9 Å². The van der Waals surface area contributed by atoms with E-state index in [1.54, 1.807) is 11.3 Å². The van der Waals surface area contributed by atoms with Crippen LogP contribution in [0.5, 0.6) is 0 Å². The highest BCUT2D eigenvalue weighted by molar-refractivity contribution is 7.11. The van der Waals surface area contributed by atoms with E-state index in [-0.39, 0.29) is 0 Å². The summed E-state index contributed by atoms with van der Waals surface area (Å²) in [5.41, 5.74) is 2.42. The molecule has 0 aliphatic carbocycles. The summed E-state index contributed by atoms with van der Waals surface area (Å²) in [7, 11) is 0. The van der Waals surface area contributed by atoms with Crippen molar-refractivity contribution >= 4 is 22.7 Å². The van der Waals surface area contributed by atoms with Crippen LogP contribution in [-0.4, -0.2) is 16.5 Å². The zero-order valence-electron chi connectivity index (χ0n) is 11.8. The van der Waals surface area contributed by atoms with Crippen LogP contribution in [0.2, 0.25) is 0 Å².